The molecule has 0 aliphatic heterocycles. The van der Waals surface area contributed by atoms with Crippen molar-refractivity contribution in [3.63, 3.8) is 0 Å². The first-order valence-corrected chi connectivity index (χ1v) is 8.91. The van der Waals surface area contributed by atoms with Crippen molar-refractivity contribution in [1.82, 2.24) is 25.1 Å². The largest absolute Gasteiger partial charge is 0.393 e. The molecule has 4 rings (SSSR count). The van der Waals surface area contributed by atoms with Gasteiger partial charge in [-0.15, -0.1) is 10.2 Å². The Morgan fingerprint density at radius 1 is 1.38 bits per heavy atom. The number of H-pyrrole nitrogens is 1. The number of benzene rings is 1. The van der Waals surface area contributed by atoms with Gasteiger partial charge in [0.2, 0.25) is 0 Å². The van der Waals surface area contributed by atoms with E-state index in [4.69, 9.17) is 0 Å². The summed E-state index contributed by atoms with van der Waals surface area (Å²) in [6, 6.07) is 7.91. The van der Waals surface area contributed by atoms with Gasteiger partial charge in [0.1, 0.15) is 17.8 Å². The molecule has 0 saturated heterocycles. The zero-order chi connectivity index (χ0) is 18.3. The first-order valence-electron chi connectivity index (χ1n) is 8.91. The summed E-state index contributed by atoms with van der Waals surface area (Å²) in [5, 5.41) is 22.4. The molecule has 7 nitrogen and oxygen atoms in total. The number of hydrogen-bond acceptors (Lipinski definition) is 4. The Morgan fingerprint density at radius 3 is 3.00 bits per heavy atom. The molecule has 3 atom stereocenters. The van der Waals surface area contributed by atoms with Gasteiger partial charge in [-0.05, 0) is 38.0 Å². The Kier molecular flexibility index (Phi) is 4.24. The van der Waals surface area contributed by atoms with E-state index >= 15 is 0 Å². The molecule has 1 aliphatic carbocycles. The lowest BCUT2D eigenvalue weighted by Crippen LogP contribution is -2.32. The van der Waals surface area contributed by atoms with E-state index in [0.29, 0.717) is 18.7 Å². The summed E-state index contributed by atoms with van der Waals surface area (Å²) in [7, 11) is 1.91. The van der Waals surface area contributed by atoms with Crippen LogP contribution in [-0.2, 0) is 7.05 Å². The van der Waals surface area contributed by atoms with Crippen LogP contribution < -0.4 is 5.32 Å². The highest BCUT2D eigenvalue weighted by molar-refractivity contribution is 5.98. The number of rotatable bonds is 4. The van der Waals surface area contributed by atoms with Crippen molar-refractivity contribution >= 4 is 16.8 Å². The second-order valence-electron chi connectivity index (χ2n) is 7.28. The molecule has 7 heteroatoms. The second-order valence-corrected chi connectivity index (χ2v) is 7.28. The van der Waals surface area contributed by atoms with Gasteiger partial charge in [-0.2, -0.15) is 0 Å². The van der Waals surface area contributed by atoms with E-state index in [0.717, 1.165) is 28.7 Å². The van der Waals surface area contributed by atoms with Crippen LogP contribution in [0.25, 0.3) is 10.9 Å². The number of aryl methyl sites for hydroxylation is 2. The fourth-order valence-corrected chi connectivity index (χ4v) is 3.89. The van der Waals surface area contributed by atoms with Crippen LogP contribution in [0.1, 0.15) is 40.6 Å². The van der Waals surface area contributed by atoms with E-state index in [1.807, 2.05) is 36.7 Å². The van der Waals surface area contributed by atoms with Crippen molar-refractivity contribution in [3.8, 4) is 0 Å². The van der Waals surface area contributed by atoms with E-state index < -0.39 is 6.10 Å². The zero-order valence-electron chi connectivity index (χ0n) is 14.9. The third kappa shape index (κ3) is 3.10. The second kappa shape index (κ2) is 6.57. The number of carbonyl (C=O) groups excluding carboxylic acids is 1. The van der Waals surface area contributed by atoms with E-state index in [-0.39, 0.29) is 17.7 Å². The van der Waals surface area contributed by atoms with Crippen molar-refractivity contribution in [3.05, 3.63) is 47.7 Å². The monoisotopic (exact) mass is 353 g/mol. The molecule has 1 fully saturated rings. The summed E-state index contributed by atoms with van der Waals surface area (Å²) in [5.74, 6) is 0.944. The molecule has 136 valence electrons. The Balaban J connectivity index is 1.40. The predicted molar refractivity (Wildman–Crippen MR) is 97.8 cm³/mol. The highest BCUT2D eigenvalue weighted by atomic mass is 16.3. The molecule has 1 saturated carbocycles. The maximum absolute atomic E-state index is 12.5. The topological polar surface area (TPSA) is 95.8 Å². The summed E-state index contributed by atoms with van der Waals surface area (Å²) in [5.41, 5.74) is 2.65. The molecular formula is C19H23N5O2. The Morgan fingerprint density at radius 2 is 2.23 bits per heavy atom. The molecule has 0 bridgehead atoms. The molecular weight excluding hydrogens is 330 g/mol. The molecule has 0 radical (unpaired) electrons. The van der Waals surface area contributed by atoms with Gasteiger partial charge in [-0.3, -0.25) is 4.79 Å². The van der Waals surface area contributed by atoms with E-state index in [9.17, 15) is 9.90 Å². The minimum absolute atomic E-state index is 0.0206. The Hall–Kier alpha value is -2.67. The number of amides is 1. The average molecular weight is 353 g/mol. The lowest BCUT2D eigenvalue weighted by Gasteiger charge is -2.14. The minimum Gasteiger partial charge on any atom is -0.393 e. The van der Waals surface area contributed by atoms with E-state index in [1.54, 1.807) is 6.33 Å². The molecule has 1 aromatic carbocycles. The number of fused-ring (bicyclic) bond motifs is 1. The van der Waals surface area contributed by atoms with Crippen molar-refractivity contribution < 1.29 is 9.90 Å². The number of carbonyl (C=O) groups is 1. The first kappa shape index (κ1) is 16.8. The minimum atomic E-state index is -0.442. The number of aromatic amines is 1. The average Bonchev–Trinajstić information content (AvgIpc) is 3.30. The van der Waals surface area contributed by atoms with Crippen LogP contribution >= 0.6 is 0 Å². The fraction of sp³-hybridized carbons (Fsp3) is 0.421. The van der Waals surface area contributed by atoms with Crippen molar-refractivity contribution in [2.24, 2.45) is 13.0 Å². The number of aromatic nitrogens is 4. The number of nitrogens with zero attached hydrogens (tertiary/aromatic N) is 3. The number of aliphatic hydroxyl groups excluding tert-OH is 1. The lowest BCUT2D eigenvalue weighted by atomic mass is 10.0. The van der Waals surface area contributed by atoms with Gasteiger partial charge in [-0.25, -0.2) is 0 Å². The number of aliphatic hydroxyl groups is 1. The quantitative estimate of drug-likeness (QED) is 0.667. The fourth-order valence-electron chi connectivity index (χ4n) is 3.89. The van der Waals surface area contributed by atoms with Gasteiger partial charge < -0.3 is 20.0 Å². The van der Waals surface area contributed by atoms with Crippen LogP contribution in [0.15, 0.2) is 30.6 Å². The Labute approximate surface area is 151 Å². The van der Waals surface area contributed by atoms with Crippen LogP contribution in [-0.4, -0.2) is 43.4 Å². The number of hydrogen-bond donors (Lipinski definition) is 3. The summed E-state index contributed by atoms with van der Waals surface area (Å²) >= 11 is 0. The molecule has 1 aliphatic rings. The summed E-state index contributed by atoms with van der Waals surface area (Å²) < 4.78 is 1.89. The molecule has 0 unspecified atom stereocenters. The van der Waals surface area contributed by atoms with Gasteiger partial charge >= 0.3 is 0 Å². The van der Waals surface area contributed by atoms with Crippen LogP contribution in [0.4, 0.5) is 0 Å². The summed E-state index contributed by atoms with van der Waals surface area (Å²) in [4.78, 5) is 15.6. The predicted octanol–water partition coefficient (Wildman–Crippen LogP) is 1.89. The van der Waals surface area contributed by atoms with Crippen LogP contribution in [0, 0.1) is 12.8 Å². The van der Waals surface area contributed by atoms with Crippen LogP contribution in [0.5, 0.6) is 0 Å². The molecule has 3 N–H and O–H groups in total. The van der Waals surface area contributed by atoms with Gasteiger partial charge in [0, 0.05) is 36.3 Å². The standard InChI is InChI=1S/C19H23N5O2/c1-11-3-4-15-12(5-11)7-16(22-15)19(26)20-9-14-6-13(8-17(14)25)18-23-21-10-24(18)2/h3-5,7,10,13-14,17,22,25H,6,8-9H2,1-2H3,(H,20,26)/t13-,14+,17+/m0/s1. The molecule has 1 amide bonds. The van der Waals surface area contributed by atoms with Crippen molar-refractivity contribution in [2.75, 3.05) is 6.54 Å². The van der Waals surface area contributed by atoms with Crippen LogP contribution in [0.2, 0.25) is 0 Å². The van der Waals surface area contributed by atoms with Crippen molar-refractivity contribution in [2.45, 2.75) is 31.8 Å². The molecule has 0 spiro atoms. The smallest absolute Gasteiger partial charge is 0.267 e. The Bertz CT molecular complexity index is 944. The van der Waals surface area contributed by atoms with Gasteiger partial charge in [-0.1, -0.05) is 11.6 Å². The third-order valence-electron chi connectivity index (χ3n) is 5.31. The van der Waals surface area contributed by atoms with E-state index in [2.05, 4.69) is 26.6 Å². The van der Waals surface area contributed by atoms with Gasteiger partial charge in [0.15, 0.2) is 0 Å². The first-order chi connectivity index (χ1) is 12.5. The SMILES string of the molecule is Cc1ccc2[nH]c(C(=O)NC[C@H]3C[C@H](c4nncn4C)C[C@H]3O)cc2c1. The van der Waals surface area contributed by atoms with Gasteiger partial charge in [0.05, 0.1) is 6.10 Å². The molecule has 26 heavy (non-hydrogen) atoms. The highest BCUT2D eigenvalue weighted by Crippen LogP contribution is 2.37. The van der Waals surface area contributed by atoms with Crippen molar-refractivity contribution in [1.29, 1.82) is 0 Å². The maximum Gasteiger partial charge on any atom is 0.267 e. The normalized spacial score (nSPS) is 22.8. The summed E-state index contributed by atoms with van der Waals surface area (Å²) in [6.07, 6.45) is 2.68. The molecule has 2 heterocycles. The zero-order valence-corrected chi connectivity index (χ0v) is 14.9. The molecule has 2 aromatic heterocycles. The lowest BCUT2D eigenvalue weighted by molar-refractivity contribution is 0.0912. The highest BCUT2D eigenvalue weighted by Gasteiger charge is 2.36. The molecule has 3 aromatic rings. The maximum atomic E-state index is 12.5. The van der Waals surface area contributed by atoms with Gasteiger partial charge in [0.25, 0.3) is 5.91 Å². The van der Waals surface area contributed by atoms with Crippen LogP contribution in [0.3, 0.4) is 0 Å². The summed E-state index contributed by atoms with van der Waals surface area (Å²) in [6.45, 7) is 2.48. The third-order valence-corrected chi connectivity index (χ3v) is 5.31. The van der Waals surface area contributed by atoms with E-state index in [1.165, 1.54) is 0 Å². The number of nitrogens with one attached hydrogen (secondary N) is 2.